The largest absolute Gasteiger partial charge is 0.469 e. The molecule has 162 valence electrons. The van der Waals surface area contributed by atoms with E-state index in [2.05, 4.69) is 21.9 Å². The van der Waals surface area contributed by atoms with Crippen LogP contribution in [0.5, 0.6) is 0 Å². The van der Waals surface area contributed by atoms with Gasteiger partial charge in [-0.15, -0.1) is 29.3 Å². The molecule has 0 unspecified atom stereocenters. The number of carbonyl (C=O) groups is 2. The molecule has 0 atom stereocenters. The first-order valence-electron chi connectivity index (χ1n) is 9.77. The number of aryl methyl sites for hydroxylation is 1. The Hall–Kier alpha value is -3.56. The van der Waals surface area contributed by atoms with E-state index in [1.54, 1.807) is 29.3 Å². The van der Waals surface area contributed by atoms with E-state index in [4.69, 9.17) is 4.42 Å². The Labute approximate surface area is 193 Å². The molecule has 7 nitrogen and oxygen atoms in total. The lowest BCUT2D eigenvalue weighted by atomic mass is 10.2. The number of rotatable bonds is 8. The van der Waals surface area contributed by atoms with Gasteiger partial charge < -0.3 is 4.42 Å². The van der Waals surface area contributed by atoms with Crippen molar-refractivity contribution >= 4 is 44.8 Å². The second kappa shape index (κ2) is 9.71. The Morgan fingerprint density at radius 2 is 1.97 bits per heavy atom. The number of anilines is 2. The molecule has 0 saturated carbocycles. The van der Waals surface area contributed by atoms with Gasteiger partial charge in [-0.3, -0.25) is 19.8 Å². The minimum absolute atomic E-state index is 0.0885. The van der Waals surface area contributed by atoms with Crippen molar-refractivity contribution < 1.29 is 14.0 Å². The zero-order valence-corrected chi connectivity index (χ0v) is 18.9. The van der Waals surface area contributed by atoms with E-state index < -0.39 is 0 Å². The summed E-state index contributed by atoms with van der Waals surface area (Å²) in [7, 11) is 0. The third-order valence-electron chi connectivity index (χ3n) is 4.61. The lowest BCUT2D eigenvalue weighted by molar-refractivity contribution is -0.117. The zero-order chi connectivity index (χ0) is 22.5. The molecule has 4 aromatic rings. The lowest BCUT2D eigenvalue weighted by Gasteiger charge is -2.17. The maximum absolute atomic E-state index is 13.0. The number of benzene rings is 1. The van der Waals surface area contributed by atoms with Gasteiger partial charge in [0.05, 0.1) is 29.6 Å². The molecule has 4 rings (SSSR count). The molecular weight excluding hydrogens is 444 g/mol. The normalized spacial score (nSPS) is 10.7. The highest BCUT2D eigenvalue weighted by Gasteiger charge is 2.20. The highest BCUT2D eigenvalue weighted by Crippen LogP contribution is 2.28. The molecule has 0 saturated heterocycles. The fraction of sp³-hybridized carbons (Fsp3) is 0.130. The quantitative estimate of drug-likeness (QED) is 0.363. The van der Waals surface area contributed by atoms with E-state index in [0.717, 1.165) is 11.3 Å². The number of amides is 2. The summed E-state index contributed by atoms with van der Waals surface area (Å²) in [4.78, 5) is 36.0. The maximum Gasteiger partial charge on any atom is 0.260 e. The number of aromatic nitrogens is 2. The molecule has 2 amide bonds. The first-order chi connectivity index (χ1) is 15.5. The van der Waals surface area contributed by atoms with Gasteiger partial charge in [0.25, 0.3) is 5.91 Å². The number of hydrogen-bond acceptors (Lipinski definition) is 7. The molecule has 0 aliphatic heterocycles. The summed E-state index contributed by atoms with van der Waals surface area (Å²) in [5.41, 5.74) is 2.84. The van der Waals surface area contributed by atoms with Gasteiger partial charge in [0.2, 0.25) is 5.91 Å². The minimum atomic E-state index is -0.298. The minimum Gasteiger partial charge on any atom is -0.469 e. The van der Waals surface area contributed by atoms with Crippen molar-refractivity contribution in [3.63, 3.8) is 0 Å². The molecule has 0 aliphatic carbocycles. The summed E-state index contributed by atoms with van der Waals surface area (Å²) in [6, 6.07) is 11.4. The summed E-state index contributed by atoms with van der Waals surface area (Å²) in [5, 5.41) is 7.47. The SMILES string of the molecule is C=CCN(C(=O)Cc1csc(NC(=O)c2ccoc2C)n1)c1nc(-c2ccccc2)cs1. The average Bonchev–Trinajstić information content (AvgIpc) is 3.54. The number of hydrogen-bond donors (Lipinski definition) is 1. The fourth-order valence-corrected chi connectivity index (χ4v) is 4.59. The van der Waals surface area contributed by atoms with Crippen molar-refractivity contribution in [2.24, 2.45) is 0 Å². The van der Waals surface area contributed by atoms with Crippen molar-refractivity contribution in [3.05, 3.63) is 83.1 Å². The Balaban J connectivity index is 1.45. The molecule has 0 radical (unpaired) electrons. The molecule has 3 heterocycles. The summed E-state index contributed by atoms with van der Waals surface area (Å²) < 4.78 is 5.16. The van der Waals surface area contributed by atoms with E-state index in [0.29, 0.717) is 33.8 Å². The van der Waals surface area contributed by atoms with Gasteiger partial charge in [-0.05, 0) is 13.0 Å². The van der Waals surface area contributed by atoms with Gasteiger partial charge >= 0.3 is 0 Å². The number of thiazole rings is 2. The van der Waals surface area contributed by atoms with E-state index >= 15 is 0 Å². The predicted octanol–water partition coefficient (Wildman–Crippen LogP) is 5.18. The van der Waals surface area contributed by atoms with Crippen molar-refractivity contribution in [1.82, 2.24) is 9.97 Å². The van der Waals surface area contributed by atoms with E-state index in [1.165, 1.54) is 28.9 Å². The second-order valence-electron chi connectivity index (χ2n) is 6.84. The van der Waals surface area contributed by atoms with Gasteiger partial charge in [-0.1, -0.05) is 36.4 Å². The third-order valence-corrected chi connectivity index (χ3v) is 6.28. The smallest absolute Gasteiger partial charge is 0.260 e. The third kappa shape index (κ3) is 4.84. The van der Waals surface area contributed by atoms with Crippen LogP contribution in [0.3, 0.4) is 0 Å². The molecule has 3 aromatic heterocycles. The van der Waals surface area contributed by atoms with Crippen molar-refractivity contribution in [2.75, 3.05) is 16.8 Å². The number of furan rings is 1. The number of nitrogens with one attached hydrogen (secondary N) is 1. The van der Waals surface area contributed by atoms with Crippen molar-refractivity contribution in [3.8, 4) is 11.3 Å². The van der Waals surface area contributed by atoms with Crippen LogP contribution >= 0.6 is 22.7 Å². The lowest BCUT2D eigenvalue weighted by Crippen LogP contribution is -2.32. The molecular formula is C23H20N4O3S2. The molecule has 1 aromatic carbocycles. The van der Waals surface area contributed by atoms with Crippen molar-refractivity contribution in [1.29, 1.82) is 0 Å². The van der Waals surface area contributed by atoms with Crippen LogP contribution in [0.25, 0.3) is 11.3 Å². The molecule has 0 aliphatic rings. The van der Waals surface area contributed by atoms with Gasteiger partial charge in [0.15, 0.2) is 10.3 Å². The Kier molecular flexibility index (Phi) is 6.58. The molecule has 9 heteroatoms. The van der Waals surface area contributed by atoms with Gasteiger partial charge in [-0.25, -0.2) is 9.97 Å². The van der Waals surface area contributed by atoms with Crippen LogP contribution in [0.4, 0.5) is 10.3 Å². The van der Waals surface area contributed by atoms with E-state index in [-0.39, 0.29) is 18.2 Å². The van der Waals surface area contributed by atoms with Crippen LogP contribution in [0.15, 0.2) is 70.5 Å². The zero-order valence-electron chi connectivity index (χ0n) is 17.3. The van der Waals surface area contributed by atoms with Crippen LogP contribution in [0.1, 0.15) is 21.8 Å². The fourth-order valence-electron chi connectivity index (χ4n) is 3.03. The highest BCUT2D eigenvalue weighted by atomic mass is 32.1. The van der Waals surface area contributed by atoms with Gasteiger partial charge in [0.1, 0.15) is 5.76 Å². The first-order valence-corrected chi connectivity index (χ1v) is 11.5. The summed E-state index contributed by atoms with van der Waals surface area (Å²) in [6.45, 7) is 5.82. The monoisotopic (exact) mass is 464 g/mol. The van der Waals surface area contributed by atoms with E-state index in [9.17, 15) is 9.59 Å². The van der Waals surface area contributed by atoms with Crippen LogP contribution in [0, 0.1) is 6.92 Å². The summed E-state index contributed by atoms with van der Waals surface area (Å²) in [6.07, 6.45) is 3.22. The van der Waals surface area contributed by atoms with Crippen LogP contribution in [-0.2, 0) is 11.2 Å². The standard InChI is InChI=1S/C23H20N4O3S2/c1-3-10-27(23-25-19(14-32-23)16-7-5-4-6-8-16)20(28)12-17-13-31-22(24-17)26-21(29)18-9-11-30-15(18)2/h3-9,11,13-14H,1,10,12H2,2H3,(H,24,26,29). The number of carbonyl (C=O) groups excluding carboxylic acids is 2. The molecule has 32 heavy (non-hydrogen) atoms. The van der Waals surface area contributed by atoms with Crippen LogP contribution < -0.4 is 10.2 Å². The number of nitrogens with zero attached hydrogens (tertiary/aromatic N) is 3. The molecule has 1 N–H and O–H groups in total. The summed E-state index contributed by atoms with van der Waals surface area (Å²) >= 11 is 2.67. The van der Waals surface area contributed by atoms with Crippen LogP contribution in [-0.4, -0.2) is 28.3 Å². The van der Waals surface area contributed by atoms with Crippen molar-refractivity contribution in [2.45, 2.75) is 13.3 Å². The van der Waals surface area contributed by atoms with Gasteiger partial charge in [-0.2, -0.15) is 0 Å². The molecule has 0 fully saturated rings. The Bertz CT molecular complexity index is 1240. The molecule has 0 spiro atoms. The topological polar surface area (TPSA) is 88.3 Å². The second-order valence-corrected chi connectivity index (χ2v) is 8.53. The maximum atomic E-state index is 13.0. The first kappa shape index (κ1) is 21.7. The molecule has 0 bridgehead atoms. The van der Waals surface area contributed by atoms with Gasteiger partial charge in [0, 0.05) is 22.9 Å². The van der Waals surface area contributed by atoms with Crippen LogP contribution in [0.2, 0.25) is 0 Å². The summed E-state index contributed by atoms with van der Waals surface area (Å²) in [5.74, 6) is 0.0912. The average molecular weight is 465 g/mol. The highest BCUT2D eigenvalue weighted by molar-refractivity contribution is 7.14. The Morgan fingerprint density at radius 1 is 1.16 bits per heavy atom. The predicted molar refractivity (Wildman–Crippen MR) is 127 cm³/mol. The van der Waals surface area contributed by atoms with E-state index in [1.807, 2.05) is 35.7 Å². The Morgan fingerprint density at radius 3 is 2.69 bits per heavy atom.